The summed E-state index contributed by atoms with van der Waals surface area (Å²) >= 11 is 0. The van der Waals surface area contributed by atoms with Crippen LogP contribution in [0.4, 0.5) is 0 Å². The molecular weight excluding hydrogens is 286 g/mol. The molecule has 1 fully saturated rings. The Morgan fingerprint density at radius 1 is 1.22 bits per heavy atom. The van der Waals surface area contributed by atoms with Crippen molar-refractivity contribution in [3.05, 3.63) is 53.6 Å². The summed E-state index contributed by atoms with van der Waals surface area (Å²) < 4.78 is 2.27. The third kappa shape index (κ3) is 3.63. The number of aromatic nitrogens is 2. The molecule has 0 bridgehead atoms. The van der Waals surface area contributed by atoms with Gasteiger partial charge in [0.15, 0.2) is 0 Å². The molecule has 0 spiro atoms. The molecule has 0 atom stereocenters. The largest absolute Gasteiger partial charge is 0.339 e. The number of amides is 1. The van der Waals surface area contributed by atoms with E-state index in [1.165, 1.54) is 5.56 Å². The van der Waals surface area contributed by atoms with Gasteiger partial charge < -0.3 is 9.47 Å². The second-order valence-electron chi connectivity index (χ2n) is 6.45. The van der Waals surface area contributed by atoms with E-state index in [2.05, 4.69) is 22.7 Å². The summed E-state index contributed by atoms with van der Waals surface area (Å²) in [7, 11) is 0. The first kappa shape index (κ1) is 15.8. The highest BCUT2D eigenvalue weighted by atomic mass is 16.2. The van der Waals surface area contributed by atoms with Crippen molar-refractivity contribution in [3.8, 4) is 0 Å². The number of carbonyl (C=O) groups is 1. The van der Waals surface area contributed by atoms with Gasteiger partial charge in [0.2, 0.25) is 0 Å². The molecule has 1 aromatic heterocycles. The third-order valence-corrected chi connectivity index (χ3v) is 4.77. The van der Waals surface area contributed by atoms with Crippen LogP contribution in [-0.2, 0) is 13.0 Å². The van der Waals surface area contributed by atoms with Crippen molar-refractivity contribution < 1.29 is 4.79 Å². The Labute approximate surface area is 138 Å². The molecule has 1 aliphatic rings. The number of aryl methyl sites for hydroxylation is 2. The third-order valence-electron chi connectivity index (χ3n) is 4.77. The van der Waals surface area contributed by atoms with Crippen LogP contribution < -0.4 is 0 Å². The number of carbonyl (C=O) groups excluding carboxylic acids is 1. The zero-order chi connectivity index (χ0) is 16.2. The van der Waals surface area contributed by atoms with Crippen LogP contribution in [-0.4, -0.2) is 33.4 Å². The van der Waals surface area contributed by atoms with Crippen LogP contribution in [0.15, 0.2) is 36.7 Å². The van der Waals surface area contributed by atoms with Gasteiger partial charge in [0.25, 0.3) is 5.91 Å². The van der Waals surface area contributed by atoms with E-state index in [1.54, 1.807) is 0 Å². The Hall–Kier alpha value is -2.10. The molecule has 2 aromatic rings. The van der Waals surface area contributed by atoms with Crippen LogP contribution in [0.5, 0.6) is 0 Å². The highest BCUT2D eigenvalue weighted by Crippen LogP contribution is 2.21. The van der Waals surface area contributed by atoms with Gasteiger partial charge in [0, 0.05) is 44.0 Å². The van der Waals surface area contributed by atoms with E-state index in [9.17, 15) is 4.79 Å². The smallest absolute Gasteiger partial charge is 0.253 e. The quantitative estimate of drug-likeness (QED) is 0.869. The first-order valence-electron chi connectivity index (χ1n) is 8.53. The zero-order valence-electron chi connectivity index (χ0n) is 14.0. The summed E-state index contributed by atoms with van der Waals surface area (Å²) in [4.78, 5) is 18.9. The molecule has 122 valence electrons. The fraction of sp³-hybridized carbons (Fsp3) is 0.474. The van der Waals surface area contributed by atoms with Crippen LogP contribution in [0, 0.1) is 12.8 Å². The minimum atomic E-state index is 0.167. The molecule has 2 heterocycles. The summed E-state index contributed by atoms with van der Waals surface area (Å²) in [5.41, 5.74) is 1.99. The summed E-state index contributed by atoms with van der Waals surface area (Å²) in [6.07, 6.45) is 7.06. The minimum absolute atomic E-state index is 0.167. The molecule has 0 N–H and O–H groups in total. The van der Waals surface area contributed by atoms with Gasteiger partial charge in [0.1, 0.15) is 5.82 Å². The lowest BCUT2D eigenvalue weighted by Crippen LogP contribution is -2.39. The molecule has 23 heavy (non-hydrogen) atoms. The molecule has 0 radical (unpaired) electrons. The number of hydrogen-bond donors (Lipinski definition) is 0. The number of rotatable bonds is 4. The highest BCUT2D eigenvalue weighted by Gasteiger charge is 2.24. The van der Waals surface area contributed by atoms with Gasteiger partial charge >= 0.3 is 0 Å². The van der Waals surface area contributed by atoms with Crippen LogP contribution in [0.2, 0.25) is 0 Å². The molecule has 3 rings (SSSR count). The SMILES string of the molecule is CCc1nccn1CC1CCN(C(=O)c2ccc(C)cc2)CC1. The molecule has 1 amide bonds. The Bertz CT molecular complexity index is 652. The van der Waals surface area contributed by atoms with Crippen molar-refractivity contribution in [1.29, 1.82) is 0 Å². The van der Waals surface area contributed by atoms with Gasteiger partial charge in [-0.25, -0.2) is 4.98 Å². The second kappa shape index (κ2) is 6.99. The number of benzene rings is 1. The fourth-order valence-electron chi connectivity index (χ4n) is 3.30. The van der Waals surface area contributed by atoms with E-state index in [-0.39, 0.29) is 5.91 Å². The molecule has 0 saturated carbocycles. The predicted molar refractivity (Wildman–Crippen MR) is 91.4 cm³/mol. The van der Waals surface area contributed by atoms with Crippen molar-refractivity contribution in [2.24, 2.45) is 5.92 Å². The maximum atomic E-state index is 12.5. The molecule has 1 saturated heterocycles. The van der Waals surface area contributed by atoms with E-state index < -0.39 is 0 Å². The number of nitrogens with zero attached hydrogens (tertiary/aromatic N) is 3. The van der Waals surface area contributed by atoms with E-state index in [0.29, 0.717) is 5.92 Å². The van der Waals surface area contributed by atoms with Gasteiger partial charge in [-0.1, -0.05) is 24.6 Å². The first-order valence-corrected chi connectivity index (χ1v) is 8.53. The van der Waals surface area contributed by atoms with E-state index >= 15 is 0 Å². The Balaban J connectivity index is 1.56. The van der Waals surface area contributed by atoms with Crippen LogP contribution in [0.25, 0.3) is 0 Å². The molecule has 0 aliphatic carbocycles. The fourth-order valence-corrected chi connectivity index (χ4v) is 3.30. The monoisotopic (exact) mass is 311 g/mol. The van der Waals surface area contributed by atoms with Crippen LogP contribution in [0.3, 0.4) is 0 Å². The van der Waals surface area contributed by atoms with Gasteiger partial charge in [0.05, 0.1) is 0 Å². The number of hydrogen-bond acceptors (Lipinski definition) is 2. The van der Waals surface area contributed by atoms with E-state index in [4.69, 9.17) is 0 Å². The Kier molecular flexibility index (Phi) is 4.79. The van der Waals surface area contributed by atoms with Crippen molar-refractivity contribution >= 4 is 5.91 Å². The standard InChI is InChI=1S/C19H25N3O/c1-3-18-20-10-13-22(18)14-16-8-11-21(12-9-16)19(23)17-6-4-15(2)5-7-17/h4-7,10,13,16H,3,8-9,11-12,14H2,1-2H3. The summed E-state index contributed by atoms with van der Waals surface area (Å²) in [5.74, 6) is 1.96. The first-order chi connectivity index (χ1) is 11.2. The average molecular weight is 311 g/mol. The predicted octanol–water partition coefficient (Wildman–Crippen LogP) is 3.31. The lowest BCUT2D eigenvalue weighted by molar-refractivity contribution is 0.0682. The number of likely N-dealkylation sites (tertiary alicyclic amines) is 1. The molecule has 1 aromatic carbocycles. The van der Waals surface area contributed by atoms with Gasteiger partial charge in [-0.05, 0) is 37.8 Å². The number of imidazole rings is 1. The average Bonchev–Trinajstić information content (AvgIpc) is 3.03. The Morgan fingerprint density at radius 2 is 1.91 bits per heavy atom. The van der Waals surface area contributed by atoms with Crippen molar-refractivity contribution in [1.82, 2.24) is 14.5 Å². The molecule has 0 unspecified atom stereocenters. The van der Waals surface area contributed by atoms with Crippen molar-refractivity contribution in [2.75, 3.05) is 13.1 Å². The molecular formula is C19H25N3O. The van der Waals surface area contributed by atoms with E-state index in [1.807, 2.05) is 42.3 Å². The van der Waals surface area contributed by atoms with E-state index in [0.717, 1.165) is 50.3 Å². The summed E-state index contributed by atoms with van der Waals surface area (Å²) in [5, 5.41) is 0. The summed E-state index contributed by atoms with van der Waals surface area (Å²) in [6.45, 7) is 6.92. The van der Waals surface area contributed by atoms with Gasteiger partial charge in [-0.2, -0.15) is 0 Å². The van der Waals surface area contributed by atoms with Crippen molar-refractivity contribution in [3.63, 3.8) is 0 Å². The van der Waals surface area contributed by atoms with Gasteiger partial charge in [-0.15, -0.1) is 0 Å². The van der Waals surface area contributed by atoms with Gasteiger partial charge in [-0.3, -0.25) is 4.79 Å². The van der Waals surface area contributed by atoms with Crippen molar-refractivity contribution in [2.45, 2.75) is 39.7 Å². The highest BCUT2D eigenvalue weighted by molar-refractivity contribution is 5.94. The van der Waals surface area contributed by atoms with Crippen LogP contribution >= 0.6 is 0 Å². The lowest BCUT2D eigenvalue weighted by Gasteiger charge is -2.32. The molecule has 4 nitrogen and oxygen atoms in total. The number of piperidine rings is 1. The summed E-state index contributed by atoms with van der Waals surface area (Å²) in [6, 6.07) is 7.88. The minimum Gasteiger partial charge on any atom is -0.339 e. The molecule has 4 heteroatoms. The lowest BCUT2D eigenvalue weighted by atomic mass is 9.96. The van der Waals surface area contributed by atoms with Crippen LogP contribution in [0.1, 0.15) is 41.5 Å². The molecule has 1 aliphatic heterocycles. The topological polar surface area (TPSA) is 38.1 Å². The maximum absolute atomic E-state index is 12.5. The second-order valence-corrected chi connectivity index (χ2v) is 6.45. The maximum Gasteiger partial charge on any atom is 0.253 e. The Morgan fingerprint density at radius 3 is 2.57 bits per heavy atom. The zero-order valence-corrected chi connectivity index (χ0v) is 14.0. The normalized spacial score (nSPS) is 15.8.